The number of ether oxygens (including phenoxy) is 2. The van der Waals surface area contributed by atoms with Gasteiger partial charge in [-0.15, -0.1) is 0 Å². The smallest absolute Gasteiger partial charge is 0.161 e. The number of hydrogen-bond donors (Lipinski definition) is 1. The van der Waals surface area contributed by atoms with E-state index in [0.29, 0.717) is 12.1 Å². The molecule has 3 atom stereocenters. The predicted octanol–water partition coefficient (Wildman–Crippen LogP) is 2.37. The monoisotopic (exact) mass is 302 g/mol. The Morgan fingerprint density at radius 2 is 2.00 bits per heavy atom. The van der Waals surface area contributed by atoms with Gasteiger partial charge in [0, 0.05) is 25.2 Å². The lowest BCUT2D eigenvalue weighted by molar-refractivity contribution is 0.0550. The molecule has 1 N–H and O–H groups in total. The first-order valence-corrected chi connectivity index (χ1v) is 8.52. The summed E-state index contributed by atoms with van der Waals surface area (Å²) in [5.41, 5.74) is 2.89. The van der Waals surface area contributed by atoms with Crippen molar-refractivity contribution in [3.63, 3.8) is 0 Å². The average molecular weight is 302 g/mol. The number of nitrogens with zero attached hydrogens (tertiary/aromatic N) is 1. The van der Waals surface area contributed by atoms with Crippen molar-refractivity contribution in [1.29, 1.82) is 0 Å². The lowest BCUT2D eigenvalue weighted by Gasteiger charge is -2.49. The molecule has 3 aliphatic heterocycles. The lowest BCUT2D eigenvalue weighted by Crippen LogP contribution is -2.54. The summed E-state index contributed by atoms with van der Waals surface area (Å²) in [7, 11) is 3.45. The van der Waals surface area contributed by atoms with Crippen LogP contribution in [-0.2, 0) is 6.42 Å². The molecule has 0 aliphatic carbocycles. The molecule has 0 saturated carbocycles. The van der Waals surface area contributed by atoms with Crippen LogP contribution in [0.3, 0.4) is 0 Å². The van der Waals surface area contributed by atoms with Crippen LogP contribution in [0.15, 0.2) is 12.1 Å². The molecule has 2 saturated heterocycles. The van der Waals surface area contributed by atoms with Crippen LogP contribution in [-0.4, -0.2) is 44.8 Å². The van der Waals surface area contributed by atoms with Gasteiger partial charge in [-0.3, -0.25) is 4.90 Å². The van der Waals surface area contributed by atoms with Gasteiger partial charge in [0.1, 0.15) is 0 Å². The van der Waals surface area contributed by atoms with Gasteiger partial charge in [0.2, 0.25) is 0 Å². The highest BCUT2D eigenvalue weighted by Gasteiger charge is 2.39. The van der Waals surface area contributed by atoms with Gasteiger partial charge in [-0.25, -0.2) is 0 Å². The Labute approximate surface area is 132 Å². The van der Waals surface area contributed by atoms with Gasteiger partial charge < -0.3 is 14.8 Å². The molecule has 4 rings (SSSR count). The summed E-state index contributed by atoms with van der Waals surface area (Å²) >= 11 is 0. The molecule has 2 fully saturated rings. The van der Waals surface area contributed by atoms with Gasteiger partial charge in [0.05, 0.1) is 14.2 Å². The molecule has 1 aromatic rings. The number of hydrogen-bond acceptors (Lipinski definition) is 4. The second-order valence-corrected chi connectivity index (χ2v) is 6.87. The van der Waals surface area contributed by atoms with E-state index in [-0.39, 0.29) is 0 Å². The largest absolute Gasteiger partial charge is 0.493 e. The first-order valence-electron chi connectivity index (χ1n) is 8.52. The highest BCUT2D eigenvalue weighted by Crippen LogP contribution is 2.43. The second kappa shape index (κ2) is 5.74. The Balaban J connectivity index is 1.67. The standard InChI is InChI=1S/C18H26N2O2/c1-21-17-8-12-5-7-20-11-13-4-3-6-19-15(13)10-16(20)14(12)9-18(17)22-2/h8-9,13,15-16,19H,3-7,10-11H2,1-2H3/t13-,15+,16+/m1/s1. The van der Waals surface area contributed by atoms with Crippen LogP contribution in [0, 0.1) is 5.92 Å². The number of fused-ring (bicyclic) bond motifs is 4. The highest BCUT2D eigenvalue weighted by molar-refractivity contribution is 5.49. The minimum Gasteiger partial charge on any atom is -0.493 e. The first-order chi connectivity index (χ1) is 10.8. The summed E-state index contributed by atoms with van der Waals surface area (Å²) in [6.07, 6.45) is 5.07. The van der Waals surface area contributed by atoms with Crippen LogP contribution < -0.4 is 14.8 Å². The van der Waals surface area contributed by atoms with Crippen LogP contribution in [0.25, 0.3) is 0 Å². The molecule has 4 nitrogen and oxygen atoms in total. The van der Waals surface area contributed by atoms with Crippen LogP contribution in [0.5, 0.6) is 11.5 Å². The van der Waals surface area contributed by atoms with Crippen molar-refractivity contribution in [1.82, 2.24) is 10.2 Å². The molecular weight excluding hydrogens is 276 g/mol. The number of piperidine rings is 2. The van der Waals surface area contributed by atoms with Crippen LogP contribution in [0.1, 0.15) is 36.4 Å². The molecule has 0 bridgehead atoms. The molecule has 3 aliphatic rings. The summed E-state index contributed by atoms with van der Waals surface area (Å²) < 4.78 is 11.0. The Bertz CT molecular complexity index is 560. The van der Waals surface area contributed by atoms with E-state index in [1.54, 1.807) is 14.2 Å². The van der Waals surface area contributed by atoms with E-state index in [0.717, 1.165) is 23.8 Å². The van der Waals surface area contributed by atoms with Crippen molar-refractivity contribution in [3.8, 4) is 11.5 Å². The van der Waals surface area contributed by atoms with Crippen molar-refractivity contribution in [2.24, 2.45) is 5.92 Å². The minimum atomic E-state index is 0.537. The second-order valence-electron chi connectivity index (χ2n) is 6.87. The summed E-state index contributed by atoms with van der Waals surface area (Å²) in [6, 6.07) is 5.63. The predicted molar refractivity (Wildman–Crippen MR) is 86.7 cm³/mol. The molecule has 0 amide bonds. The third kappa shape index (κ3) is 2.29. The maximum atomic E-state index is 5.53. The molecule has 0 radical (unpaired) electrons. The van der Waals surface area contributed by atoms with Gasteiger partial charge in [-0.1, -0.05) is 0 Å². The van der Waals surface area contributed by atoms with Gasteiger partial charge in [-0.2, -0.15) is 0 Å². The molecule has 0 aromatic heterocycles. The summed E-state index contributed by atoms with van der Waals surface area (Å²) in [5, 5.41) is 3.75. The Morgan fingerprint density at radius 1 is 1.18 bits per heavy atom. The fourth-order valence-electron chi connectivity index (χ4n) is 4.63. The van der Waals surface area contributed by atoms with E-state index in [1.165, 1.54) is 50.0 Å². The zero-order valence-corrected chi connectivity index (χ0v) is 13.6. The molecular formula is C18H26N2O2. The van der Waals surface area contributed by atoms with Gasteiger partial charge in [-0.05, 0) is 61.4 Å². The molecule has 22 heavy (non-hydrogen) atoms. The normalized spacial score (nSPS) is 30.9. The molecule has 1 aromatic carbocycles. The van der Waals surface area contributed by atoms with Crippen LogP contribution in [0.2, 0.25) is 0 Å². The highest BCUT2D eigenvalue weighted by atomic mass is 16.5. The molecule has 4 heteroatoms. The molecule has 3 heterocycles. The fourth-order valence-corrected chi connectivity index (χ4v) is 4.63. The Morgan fingerprint density at radius 3 is 2.82 bits per heavy atom. The number of benzene rings is 1. The Kier molecular flexibility index (Phi) is 3.74. The number of rotatable bonds is 2. The Hall–Kier alpha value is -1.26. The van der Waals surface area contributed by atoms with Crippen molar-refractivity contribution in [3.05, 3.63) is 23.3 Å². The molecule has 0 unspecified atom stereocenters. The van der Waals surface area contributed by atoms with Crippen molar-refractivity contribution < 1.29 is 9.47 Å². The van der Waals surface area contributed by atoms with Gasteiger partial charge in [0.15, 0.2) is 11.5 Å². The summed E-state index contributed by atoms with van der Waals surface area (Å²) in [4.78, 5) is 2.70. The molecule has 120 valence electrons. The van der Waals surface area contributed by atoms with Crippen molar-refractivity contribution in [2.45, 2.75) is 37.8 Å². The zero-order chi connectivity index (χ0) is 15.1. The first kappa shape index (κ1) is 14.3. The van der Waals surface area contributed by atoms with Crippen LogP contribution in [0.4, 0.5) is 0 Å². The minimum absolute atomic E-state index is 0.537. The summed E-state index contributed by atoms with van der Waals surface area (Å²) in [5.74, 6) is 2.56. The third-order valence-corrected chi connectivity index (χ3v) is 5.79. The van der Waals surface area contributed by atoms with Crippen LogP contribution >= 0.6 is 0 Å². The van der Waals surface area contributed by atoms with E-state index in [2.05, 4.69) is 22.3 Å². The lowest BCUT2D eigenvalue weighted by atomic mass is 9.77. The number of methoxy groups -OCH3 is 2. The van der Waals surface area contributed by atoms with E-state index in [9.17, 15) is 0 Å². The van der Waals surface area contributed by atoms with E-state index >= 15 is 0 Å². The quantitative estimate of drug-likeness (QED) is 0.909. The topological polar surface area (TPSA) is 33.7 Å². The summed E-state index contributed by atoms with van der Waals surface area (Å²) in [6.45, 7) is 3.61. The maximum Gasteiger partial charge on any atom is 0.161 e. The average Bonchev–Trinajstić information content (AvgIpc) is 2.58. The SMILES string of the molecule is COc1cc2c(cc1OC)[C@@H]1C[C@@H]3NCCC[C@@H]3CN1CC2. The van der Waals surface area contributed by atoms with E-state index < -0.39 is 0 Å². The van der Waals surface area contributed by atoms with Crippen molar-refractivity contribution in [2.75, 3.05) is 33.9 Å². The van der Waals surface area contributed by atoms with Gasteiger partial charge >= 0.3 is 0 Å². The van der Waals surface area contributed by atoms with Gasteiger partial charge in [0.25, 0.3) is 0 Å². The zero-order valence-electron chi connectivity index (χ0n) is 13.6. The van der Waals surface area contributed by atoms with Crippen molar-refractivity contribution >= 4 is 0 Å². The van der Waals surface area contributed by atoms with E-state index in [4.69, 9.17) is 9.47 Å². The molecule has 0 spiro atoms. The number of nitrogens with one attached hydrogen (secondary N) is 1. The third-order valence-electron chi connectivity index (χ3n) is 5.79. The van der Waals surface area contributed by atoms with E-state index in [1.807, 2.05) is 0 Å². The fraction of sp³-hybridized carbons (Fsp3) is 0.667. The maximum absolute atomic E-state index is 5.53.